The van der Waals surface area contributed by atoms with Gasteiger partial charge in [-0.25, -0.2) is 4.79 Å². The zero-order valence-corrected chi connectivity index (χ0v) is 11.0. The molecule has 1 aliphatic heterocycles. The van der Waals surface area contributed by atoms with E-state index in [9.17, 15) is 9.59 Å². The SMILES string of the molecule is COC(=O)N1CCC(NC(=O)C2CCCC2)CC1. The molecule has 2 amide bonds. The van der Waals surface area contributed by atoms with Gasteiger partial charge in [-0.2, -0.15) is 0 Å². The third-order valence-electron chi connectivity index (χ3n) is 4.00. The fraction of sp³-hybridized carbons (Fsp3) is 0.846. The van der Waals surface area contributed by atoms with Gasteiger partial charge in [-0.05, 0) is 25.7 Å². The van der Waals surface area contributed by atoms with Crippen molar-refractivity contribution in [1.82, 2.24) is 10.2 Å². The number of amides is 2. The van der Waals surface area contributed by atoms with E-state index in [0.29, 0.717) is 13.1 Å². The highest BCUT2D eigenvalue weighted by Gasteiger charge is 2.28. The Bertz CT molecular complexity index is 305. The minimum absolute atomic E-state index is 0.212. The maximum Gasteiger partial charge on any atom is 0.409 e. The number of hydrogen-bond donors (Lipinski definition) is 1. The fourth-order valence-electron chi connectivity index (χ4n) is 2.84. The van der Waals surface area contributed by atoms with Crippen molar-refractivity contribution >= 4 is 12.0 Å². The Morgan fingerprint density at radius 2 is 1.72 bits per heavy atom. The molecule has 102 valence electrons. The van der Waals surface area contributed by atoms with Crippen molar-refractivity contribution in [3.05, 3.63) is 0 Å². The largest absolute Gasteiger partial charge is 0.453 e. The highest BCUT2D eigenvalue weighted by atomic mass is 16.5. The molecule has 1 aliphatic carbocycles. The number of piperidine rings is 1. The van der Waals surface area contributed by atoms with Crippen molar-refractivity contribution < 1.29 is 14.3 Å². The van der Waals surface area contributed by atoms with E-state index in [1.807, 2.05) is 0 Å². The van der Waals surface area contributed by atoms with Gasteiger partial charge in [0, 0.05) is 25.0 Å². The van der Waals surface area contributed by atoms with E-state index in [1.54, 1.807) is 4.90 Å². The molecule has 2 aliphatic rings. The third-order valence-corrected chi connectivity index (χ3v) is 4.00. The van der Waals surface area contributed by atoms with Gasteiger partial charge >= 0.3 is 6.09 Å². The second-order valence-electron chi connectivity index (χ2n) is 5.22. The number of likely N-dealkylation sites (tertiary alicyclic amines) is 1. The highest BCUT2D eigenvalue weighted by molar-refractivity contribution is 5.79. The summed E-state index contributed by atoms with van der Waals surface area (Å²) >= 11 is 0. The quantitative estimate of drug-likeness (QED) is 0.813. The second-order valence-corrected chi connectivity index (χ2v) is 5.22. The Labute approximate surface area is 108 Å². The average molecular weight is 254 g/mol. The van der Waals surface area contributed by atoms with Crippen LogP contribution in [-0.4, -0.2) is 43.1 Å². The number of hydrogen-bond acceptors (Lipinski definition) is 3. The van der Waals surface area contributed by atoms with Crippen molar-refractivity contribution in [2.45, 2.75) is 44.6 Å². The van der Waals surface area contributed by atoms with Gasteiger partial charge in [0.05, 0.1) is 7.11 Å². The molecule has 0 aromatic carbocycles. The van der Waals surface area contributed by atoms with Crippen LogP contribution in [0.1, 0.15) is 38.5 Å². The van der Waals surface area contributed by atoms with Gasteiger partial charge in [-0.1, -0.05) is 12.8 Å². The summed E-state index contributed by atoms with van der Waals surface area (Å²) in [7, 11) is 1.40. The topological polar surface area (TPSA) is 58.6 Å². The van der Waals surface area contributed by atoms with E-state index < -0.39 is 0 Å². The van der Waals surface area contributed by atoms with Crippen LogP contribution in [-0.2, 0) is 9.53 Å². The number of carbonyl (C=O) groups excluding carboxylic acids is 2. The molecule has 5 nitrogen and oxygen atoms in total. The molecule has 2 fully saturated rings. The minimum Gasteiger partial charge on any atom is -0.453 e. The van der Waals surface area contributed by atoms with Crippen LogP contribution in [0.5, 0.6) is 0 Å². The van der Waals surface area contributed by atoms with E-state index in [1.165, 1.54) is 20.0 Å². The summed E-state index contributed by atoms with van der Waals surface area (Å²) in [5, 5.41) is 3.12. The van der Waals surface area contributed by atoms with Crippen LogP contribution < -0.4 is 5.32 Å². The lowest BCUT2D eigenvalue weighted by Crippen LogP contribution is -2.47. The summed E-state index contributed by atoms with van der Waals surface area (Å²) in [6.45, 7) is 1.34. The summed E-state index contributed by atoms with van der Waals surface area (Å²) in [6, 6.07) is 0.221. The Kier molecular flexibility index (Phi) is 4.44. The van der Waals surface area contributed by atoms with Crippen molar-refractivity contribution in [3.63, 3.8) is 0 Å². The molecule has 0 atom stereocenters. The summed E-state index contributed by atoms with van der Waals surface area (Å²) in [6.07, 6.45) is 5.81. The fourth-order valence-corrected chi connectivity index (χ4v) is 2.84. The van der Waals surface area contributed by atoms with Crippen LogP contribution in [0.3, 0.4) is 0 Å². The number of ether oxygens (including phenoxy) is 1. The Morgan fingerprint density at radius 1 is 1.11 bits per heavy atom. The van der Waals surface area contributed by atoms with Crippen molar-refractivity contribution in [2.75, 3.05) is 20.2 Å². The maximum absolute atomic E-state index is 12.0. The van der Waals surface area contributed by atoms with Crippen LogP contribution >= 0.6 is 0 Å². The first-order chi connectivity index (χ1) is 8.70. The van der Waals surface area contributed by atoms with Crippen molar-refractivity contribution in [1.29, 1.82) is 0 Å². The third kappa shape index (κ3) is 3.15. The predicted molar refractivity (Wildman–Crippen MR) is 67.1 cm³/mol. The molecule has 0 unspecified atom stereocenters. The van der Waals surface area contributed by atoms with Gasteiger partial charge < -0.3 is 15.0 Å². The van der Waals surface area contributed by atoms with E-state index >= 15 is 0 Å². The highest BCUT2D eigenvalue weighted by Crippen LogP contribution is 2.25. The molecule has 0 bridgehead atoms. The molecule has 0 aromatic rings. The lowest BCUT2D eigenvalue weighted by molar-refractivity contribution is -0.125. The monoisotopic (exact) mass is 254 g/mol. The lowest BCUT2D eigenvalue weighted by atomic mass is 10.0. The predicted octanol–water partition coefficient (Wildman–Crippen LogP) is 1.52. The number of methoxy groups -OCH3 is 1. The van der Waals surface area contributed by atoms with E-state index in [4.69, 9.17) is 0 Å². The van der Waals surface area contributed by atoms with E-state index in [2.05, 4.69) is 10.1 Å². The van der Waals surface area contributed by atoms with Gasteiger partial charge in [0.15, 0.2) is 0 Å². The standard InChI is InChI=1S/C13H22N2O3/c1-18-13(17)15-8-6-11(7-9-15)14-12(16)10-4-2-3-5-10/h10-11H,2-9H2,1H3,(H,14,16). The Morgan fingerprint density at radius 3 is 2.28 bits per heavy atom. The van der Waals surface area contributed by atoms with Crippen LogP contribution in [0.15, 0.2) is 0 Å². The molecule has 1 saturated heterocycles. The average Bonchev–Trinajstić information content (AvgIpc) is 2.92. The first-order valence-corrected chi connectivity index (χ1v) is 6.84. The molecule has 0 aromatic heterocycles. The summed E-state index contributed by atoms with van der Waals surface area (Å²) < 4.78 is 4.69. The lowest BCUT2D eigenvalue weighted by Gasteiger charge is -2.31. The molecule has 1 heterocycles. The minimum atomic E-state index is -0.268. The zero-order valence-electron chi connectivity index (χ0n) is 11.0. The van der Waals surface area contributed by atoms with Crippen molar-refractivity contribution in [3.8, 4) is 0 Å². The van der Waals surface area contributed by atoms with Crippen LogP contribution in [0, 0.1) is 5.92 Å². The zero-order chi connectivity index (χ0) is 13.0. The molecular formula is C13H22N2O3. The van der Waals surface area contributed by atoms with E-state index in [-0.39, 0.29) is 24.0 Å². The molecule has 18 heavy (non-hydrogen) atoms. The van der Waals surface area contributed by atoms with Crippen molar-refractivity contribution in [2.24, 2.45) is 5.92 Å². The van der Waals surface area contributed by atoms with Crippen LogP contribution in [0.25, 0.3) is 0 Å². The number of nitrogens with one attached hydrogen (secondary N) is 1. The molecule has 2 rings (SSSR count). The van der Waals surface area contributed by atoms with Gasteiger partial charge in [-0.3, -0.25) is 4.79 Å². The van der Waals surface area contributed by atoms with E-state index in [0.717, 1.165) is 25.7 Å². The van der Waals surface area contributed by atoms with Crippen LogP contribution in [0.2, 0.25) is 0 Å². The van der Waals surface area contributed by atoms with Gasteiger partial charge in [0.25, 0.3) is 0 Å². The number of nitrogens with zero attached hydrogens (tertiary/aromatic N) is 1. The molecular weight excluding hydrogens is 232 g/mol. The number of carbonyl (C=O) groups is 2. The Hall–Kier alpha value is -1.26. The summed E-state index contributed by atoms with van der Waals surface area (Å²) in [5.74, 6) is 0.438. The molecule has 1 saturated carbocycles. The molecule has 1 N–H and O–H groups in total. The first-order valence-electron chi connectivity index (χ1n) is 6.84. The molecule has 0 radical (unpaired) electrons. The van der Waals surface area contributed by atoms with Gasteiger partial charge in [0.2, 0.25) is 5.91 Å². The number of rotatable bonds is 2. The molecule has 0 spiro atoms. The normalized spacial score (nSPS) is 21.9. The van der Waals surface area contributed by atoms with Gasteiger partial charge in [0.1, 0.15) is 0 Å². The summed E-state index contributed by atoms with van der Waals surface area (Å²) in [5.41, 5.74) is 0. The maximum atomic E-state index is 12.0. The summed E-state index contributed by atoms with van der Waals surface area (Å²) in [4.78, 5) is 25.0. The Balaban J connectivity index is 1.73. The second kappa shape index (κ2) is 6.07. The van der Waals surface area contributed by atoms with Gasteiger partial charge in [-0.15, -0.1) is 0 Å². The molecule has 5 heteroatoms. The first kappa shape index (κ1) is 13.2. The van der Waals surface area contributed by atoms with Crippen LogP contribution in [0.4, 0.5) is 4.79 Å². The smallest absolute Gasteiger partial charge is 0.409 e.